The lowest BCUT2D eigenvalue weighted by Gasteiger charge is -2.13. The van der Waals surface area contributed by atoms with Gasteiger partial charge in [-0.15, -0.1) is 6.58 Å². The number of aromatic nitrogens is 3. The number of nitrogens with one attached hydrogen (secondary N) is 2. The Labute approximate surface area is 125 Å². The number of hydrogen-bond acceptors (Lipinski definition) is 5. The van der Waals surface area contributed by atoms with Crippen molar-refractivity contribution in [3.8, 4) is 0 Å². The molecule has 0 unspecified atom stereocenters. The third-order valence-electron chi connectivity index (χ3n) is 3.07. The van der Waals surface area contributed by atoms with Crippen molar-refractivity contribution in [3.05, 3.63) is 47.3 Å². The first-order valence-electron chi connectivity index (χ1n) is 6.92. The molecule has 1 aromatic heterocycles. The molecule has 0 atom stereocenters. The topological polar surface area (TPSA) is 62.7 Å². The van der Waals surface area contributed by atoms with Crippen molar-refractivity contribution in [1.82, 2.24) is 15.0 Å². The van der Waals surface area contributed by atoms with E-state index in [2.05, 4.69) is 65.1 Å². The van der Waals surface area contributed by atoms with Gasteiger partial charge in [-0.3, -0.25) is 0 Å². The molecule has 2 rings (SSSR count). The summed E-state index contributed by atoms with van der Waals surface area (Å²) in [5, 5.41) is 6.38. The van der Waals surface area contributed by atoms with Crippen molar-refractivity contribution in [3.63, 3.8) is 0 Å². The Bertz CT molecular complexity index is 641. The van der Waals surface area contributed by atoms with E-state index in [9.17, 15) is 0 Å². The van der Waals surface area contributed by atoms with Gasteiger partial charge < -0.3 is 10.6 Å². The highest BCUT2D eigenvalue weighted by atomic mass is 15.2. The molecule has 110 valence electrons. The first-order valence-corrected chi connectivity index (χ1v) is 6.92. The second-order valence-corrected chi connectivity index (χ2v) is 5.10. The summed E-state index contributed by atoms with van der Waals surface area (Å²) in [6, 6.07) is 4.28. The minimum atomic E-state index is 0.545. The molecule has 0 saturated heterocycles. The lowest BCUT2D eigenvalue weighted by Crippen LogP contribution is -2.09. The summed E-state index contributed by atoms with van der Waals surface area (Å²) in [7, 11) is 0. The van der Waals surface area contributed by atoms with Crippen molar-refractivity contribution >= 4 is 17.6 Å². The van der Waals surface area contributed by atoms with Crippen LogP contribution in [0, 0.1) is 27.7 Å². The van der Waals surface area contributed by atoms with Gasteiger partial charge in [0.05, 0.1) is 0 Å². The normalized spacial score (nSPS) is 10.3. The second-order valence-electron chi connectivity index (χ2n) is 5.10. The Morgan fingerprint density at radius 3 is 2.24 bits per heavy atom. The summed E-state index contributed by atoms with van der Waals surface area (Å²) in [4.78, 5) is 13.0. The van der Waals surface area contributed by atoms with Crippen molar-refractivity contribution in [2.24, 2.45) is 0 Å². The lowest BCUT2D eigenvalue weighted by atomic mass is 10.1. The maximum atomic E-state index is 4.38. The van der Waals surface area contributed by atoms with Crippen LogP contribution in [-0.2, 0) is 0 Å². The molecule has 5 nitrogen and oxygen atoms in total. The summed E-state index contributed by atoms with van der Waals surface area (Å²) >= 11 is 0. The fourth-order valence-electron chi connectivity index (χ4n) is 2.27. The van der Waals surface area contributed by atoms with Gasteiger partial charge in [0.1, 0.15) is 5.82 Å². The Balaban J connectivity index is 2.31. The zero-order valence-electron chi connectivity index (χ0n) is 13.0. The van der Waals surface area contributed by atoms with E-state index in [4.69, 9.17) is 0 Å². The molecule has 0 fully saturated rings. The Hall–Kier alpha value is -2.43. The van der Waals surface area contributed by atoms with E-state index < -0.39 is 0 Å². The monoisotopic (exact) mass is 283 g/mol. The first-order chi connectivity index (χ1) is 9.99. The number of rotatable bonds is 5. The Kier molecular flexibility index (Phi) is 4.52. The van der Waals surface area contributed by atoms with Crippen LogP contribution in [0.1, 0.15) is 22.5 Å². The predicted molar refractivity (Wildman–Crippen MR) is 87.2 cm³/mol. The summed E-state index contributed by atoms with van der Waals surface area (Å²) < 4.78 is 0. The van der Waals surface area contributed by atoms with Crippen LogP contribution in [0.5, 0.6) is 0 Å². The minimum absolute atomic E-state index is 0.545. The highest BCUT2D eigenvalue weighted by molar-refractivity contribution is 5.64. The van der Waals surface area contributed by atoms with E-state index in [0.29, 0.717) is 24.3 Å². The average molecular weight is 283 g/mol. The van der Waals surface area contributed by atoms with Crippen LogP contribution in [0.3, 0.4) is 0 Å². The Morgan fingerprint density at radius 1 is 1.00 bits per heavy atom. The van der Waals surface area contributed by atoms with E-state index >= 15 is 0 Å². The zero-order valence-corrected chi connectivity index (χ0v) is 13.0. The van der Waals surface area contributed by atoms with Gasteiger partial charge in [-0.1, -0.05) is 23.8 Å². The fourth-order valence-corrected chi connectivity index (χ4v) is 2.27. The summed E-state index contributed by atoms with van der Waals surface area (Å²) in [5.74, 6) is 1.76. The molecule has 2 aromatic rings. The number of hydrogen-bond donors (Lipinski definition) is 2. The minimum Gasteiger partial charge on any atom is -0.351 e. The maximum Gasteiger partial charge on any atom is 0.232 e. The van der Waals surface area contributed by atoms with E-state index in [1.54, 1.807) is 6.08 Å². The van der Waals surface area contributed by atoms with Crippen LogP contribution >= 0.6 is 0 Å². The number of benzene rings is 1. The molecule has 1 aromatic carbocycles. The fraction of sp³-hybridized carbons (Fsp3) is 0.312. The molecule has 0 radical (unpaired) electrons. The molecule has 0 saturated carbocycles. The van der Waals surface area contributed by atoms with Gasteiger partial charge in [0.2, 0.25) is 11.9 Å². The Morgan fingerprint density at radius 2 is 1.62 bits per heavy atom. The van der Waals surface area contributed by atoms with Gasteiger partial charge in [-0.25, -0.2) is 0 Å². The van der Waals surface area contributed by atoms with Gasteiger partial charge in [-0.2, -0.15) is 15.0 Å². The van der Waals surface area contributed by atoms with Crippen molar-refractivity contribution < 1.29 is 0 Å². The molecule has 0 aliphatic carbocycles. The van der Waals surface area contributed by atoms with Crippen LogP contribution in [0.25, 0.3) is 0 Å². The average Bonchev–Trinajstić information content (AvgIpc) is 2.40. The highest BCUT2D eigenvalue weighted by Crippen LogP contribution is 2.24. The van der Waals surface area contributed by atoms with Crippen molar-refractivity contribution in [1.29, 1.82) is 0 Å². The third kappa shape index (κ3) is 3.78. The SMILES string of the molecule is C=CCNc1nc(C)nc(Nc2c(C)cc(C)cc2C)n1. The van der Waals surface area contributed by atoms with Gasteiger partial charge in [0, 0.05) is 12.2 Å². The van der Waals surface area contributed by atoms with Crippen LogP contribution < -0.4 is 10.6 Å². The standard InChI is InChI=1S/C16H21N5/c1-6-7-17-15-18-13(5)19-16(21-15)20-14-11(3)8-10(2)9-12(14)4/h6,8-9H,1,7H2,2-5H3,(H2,17,18,19,20,21). The van der Waals surface area contributed by atoms with Gasteiger partial charge in [0.25, 0.3) is 0 Å². The van der Waals surface area contributed by atoms with Crippen LogP contribution in [0.2, 0.25) is 0 Å². The number of aryl methyl sites for hydroxylation is 4. The molecular weight excluding hydrogens is 262 g/mol. The first kappa shape index (κ1) is 15.0. The maximum absolute atomic E-state index is 4.38. The van der Waals surface area contributed by atoms with E-state index in [-0.39, 0.29) is 0 Å². The molecule has 0 spiro atoms. The predicted octanol–water partition coefficient (Wildman–Crippen LogP) is 3.45. The zero-order chi connectivity index (χ0) is 15.4. The number of anilines is 3. The van der Waals surface area contributed by atoms with Crippen LogP contribution in [0.4, 0.5) is 17.6 Å². The molecule has 2 N–H and O–H groups in total. The largest absolute Gasteiger partial charge is 0.351 e. The van der Waals surface area contributed by atoms with Crippen LogP contribution in [-0.4, -0.2) is 21.5 Å². The second kappa shape index (κ2) is 6.35. The van der Waals surface area contributed by atoms with E-state index in [1.165, 1.54) is 16.7 Å². The van der Waals surface area contributed by atoms with Gasteiger partial charge in [0.15, 0.2) is 0 Å². The molecule has 0 aliphatic rings. The quantitative estimate of drug-likeness (QED) is 0.823. The molecule has 5 heteroatoms. The highest BCUT2D eigenvalue weighted by Gasteiger charge is 2.08. The molecule has 1 heterocycles. The van der Waals surface area contributed by atoms with Gasteiger partial charge in [-0.05, 0) is 38.8 Å². The van der Waals surface area contributed by atoms with Crippen LogP contribution in [0.15, 0.2) is 24.8 Å². The molecule has 21 heavy (non-hydrogen) atoms. The molecule has 0 bridgehead atoms. The van der Waals surface area contributed by atoms with Gasteiger partial charge >= 0.3 is 0 Å². The number of nitrogens with zero attached hydrogens (tertiary/aromatic N) is 3. The third-order valence-corrected chi connectivity index (χ3v) is 3.07. The van der Waals surface area contributed by atoms with Crippen molar-refractivity contribution in [2.45, 2.75) is 27.7 Å². The summed E-state index contributed by atoms with van der Waals surface area (Å²) in [6.45, 7) is 12.4. The smallest absolute Gasteiger partial charge is 0.232 e. The van der Waals surface area contributed by atoms with E-state index in [1.807, 2.05) is 6.92 Å². The lowest BCUT2D eigenvalue weighted by molar-refractivity contribution is 0.975. The van der Waals surface area contributed by atoms with E-state index in [0.717, 1.165) is 5.69 Å². The summed E-state index contributed by atoms with van der Waals surface area (Å²) in [5.41, 5.74) is 4.63. The van der Waals surface area contributed by atoms with Crippen molar-refractivity contribution in [2.75, 3.05) is 17.2 Å². The molecular formula is C16H21N5. The molecule has 0 aliphatic heterocycles. The molecule has 0 amide bonds. The summed E-state index contributed by atoms with van der Waals surface area (Å²) in [6.07, 6.45) is 1.76.